The first kappa shape index (κ1) is 39.3. The van der Waals surface area contributed by atoms with E-state index in [4.69, 9.17) is 11.5 Å². The molecular formula is C48H68N2. The summed E-state index contributed by atoms with van der Waals surface area (Å²) in [5, 5.41) is 0. The van der Waals surface area contributed by atoms with E-state index in [0.29, 0.717) is 0 Å². The lowest BCUT2D eigenvalue weighted by molar-refractivity contribution is 0.528. The second-order valence-corrected chi connectivity index (χ2v) is 14.9. The van der Waals surface area contributed by atoms with Gasteiger partial charge in [-0.3, -0.25) is 0 Å². The smallest absolute Gasteiger partial charge is 0.0314 e. The predicted molar refractivity (Wildman–Crippen MR) is 220 cm³/mol. The normalized spacial score (nSPS) is 11.3. The Labute approximate surface area is 306 Å². The third kappa shape index (κ3) is 14.8. The summed E-state index contributed by atoms with van der Waals surface area (Å²) in [6.07, 6.45) is 29.1. The first-order chi connectivity index (χ1) is 24.5. The lowest BCUT2D eigenvalue weighted by Crippen LogP contribution is -1.97. The third-order valence-electron chi connectivity index (χ3n) is 10.7. The number of nitrogens with two attached hydrogens (primary N) is 2. The van der Waals surface area contributed by atoms with Gasteiger partial charge in [-0.2, -0.15) is 0 Å². The minimum Gasteiger partial charge on any atom is -0.399 e. The Bertz CT molecular complexity index is 1370. The molecule has 270 valence electrons. The summed E-state index contributed by atoms with van der Waals surface area (Å²) in [7, 11) is 0. The van der Waals surface area contributed by atoms with Crippen molar-refractivity contribution in [1.29, 1.82) is 0 Å². The van der Waals surface area contributed by atoms with Gasteiger partial charge >= 0.3 is 0 Å². The van der Waals surface area contributed by atoms with E-state index < -0.39 is 0 Å². The summed E-state index contributed by atoms with van der Waals surface area (Å²) < 4.78 is 0. The van der Waals surface area contributed by atoms with E-state index in [1.165, 1.54) is 160 Å². The van der Waals surface area contributed by atoms with E-state index in [0.717, 1.165) is 37.1 Å². The molecule has 0 saturated carbocycles. The van der Waals surface area contributed by atoms with Crippen molar-refractivity contribution in [2.24, 2.45) is 0 Å². The quantitative estimate of drug-likeness (QED) is 0.0544. The Balaban J connectivity index is 0.927. The second kappa shape index (κ2) is 23.0. The van der Waals surface area contributed by atoms with E-state index in [1.807, 2.05) is 24.3 Å². The van der Waals surface area contributed by atoms with Crippen molar-refractivity contribution in [2.75, 3.05) is 11.5 Å². The Hall–Kier alpha value is -3.52. The highest BCUT2D eigenvalue weighted by atomic mass is 14.5. The molecule has 4 aromatic rings. The van der Waals surface area contributed by atoms with Crippen LogP contribution in [0.25, 0.3) is 0 Å². The van der Waals surface area contributed by atoms with Crippen LogP contribution in [0.1, 0.15) is 161 Å². The van der Waals surface area contributed by atoms with Gasteiger partial charge in [0.05, 0.1) is 0 Å². The molecule has 0 amide bonds. The molecule has 0 bridgehead atoms. The van der Waals surface area contributed by atoms with Crippen LogP contribution in [-0.4, -0.2) is 0 Å². The lowest BCUT2D eigenvalue weighted by Gasteiger charge is -2.11. The highest BCUT2D eigenvalue weighted by molar-refractivity contribution is 5.43. The fourth-order valence-corrected chi connectivity index (χ4v) is 7.52. The maximum absolute atomic E-state index is 5.86. The van der Waals surface area contributed by atoms with Crippen LogP contribution < -0.4 is 11.5 Å². The minimum atomic E-state index is 0.838. The van der Waals surface area contributed by atoms with Crippen molar-refractivity contribution >= 4 is 11.4 Å². The van der Waals surface area contributed by atoms with Gasteiger partial charge in [0.2, 0.25) is 0 Å². The zero-order valence-electron chi connectivity index (χ0n) is 31.8. The molecule has 2 nitrogen and oxygen atoms in total. The summed E-state index contributed by atoms with van der Waals surface area (Å²) in [5.41, 5.74) is 25.0. The largest absolute Gasteiger partial charge is 0.399 e. The van der Waals surface area contributed by atoms with Crippen molar-refractivity contribution in [3.8, 4) is 0 Å². The molecule has 0 unspecified atom stereocenters. The van der Waals surface area contributed by atoms with Gasteiger partial charge in [0, 0.05) is 11.4 Å². The Morgan fingerprint density at radius 1 is 0.320 bits per heavy atom. The number of hydrogen-bond donors (Lipinski definition) is 2. The molecule has 0 atom stereocenters. The third-order valence-corrected chi connectivity index (χ3v) is 10.7. The molecule has 2 heteroatoms. The molecule has 50 heavy (non-hydrogen) atoms. The van der Waals surface area contributed by atoms with Crippen LogP contribution in [0.2, 0.25) is 0 Å². The molecule has 0 aliphatic heterocycles. The minimum absolute atomic E-state index is 0.838. The fraction of sp³-hybridized carbons (Fsp3) is 0.500. The summed E-state index contributed by atoms with van der Waals surface area (Å²) in [5.74, 6) is 0. The van der Waals surface area contributed by atoms with Crippen molar-refractivity contribution in [3.05, 3.63) is 129 Å². The van der Waals surface area contributed by atoms with E-state index in [-0.39, 0.29) is 0 Å². The van der Waals surface area contributed by atoms with Gasteiger partial charge in [-0.05, 0) is 120 Å². The predicted octanol–water partition coefficient (Wildman–Crippen LogP) is 13.2. The first-order valence-corrected chi connectivity index (χ1v) is 20.4. The SMILES string of the molecule is CCc1cc(CCCCCCCCCCCCCCCCCCc2ccc(Cc3ccc(N)cc3)c(CC)c2)ccc1Cc1ccc(N)cc1. The average Bonchev–Trinajstić information content (AvgIpc) is 3.13. The lowest BCUT2D eigenvalue weighted by atomic mass is 9.94. The number of unbranched alkanes of at least 4 members (excludes halogenated alkanes) is 15. The highest BCUT2D eigenvalue weighted by Gasteiger charge is 2.07. The molecule has 0 aromatic heterocycles. The summed E-state index contributed by atoms with van der Waals surface area (Å²) in [6.45, 7) is 4.56. The monoisotopic (exact) mass is 673 g/mol. The zero-order valence-corrected chi connectivity index (χ0v) is 31.8. The maximum atomic E-state index is 5.86. The molecule has 0 aliphatic rings. The second-order valence-electron chi connectivity index (χ2n) is 14.9. The zero-order chi connectivity index (χ0) is 35.2. The van der Waals surface area contributed by atoms with Crippen LogP contribution in [0, 0.1) is 0 Å². The molecule has 0 radical (unpaired) electrons. The van der Waals surface area contributed by atoms with Crippen LogP contribution in [-0.2, 0) is 38.5 Å². The van der Waals surface area contributed by atoms with Crippen molar-refractivity contribution < 1.29 is 0 Å². The average molecular weight is 673 g/mol. The molecule has 0 saturated heterocycles. The highest BCUT2D eigenvalue weighted by Crippen LogP contribution is 2.22. The van der Waals surface area contributed by atoms with Gasteiger partial charge in [-0.25, -0.2) is 0 Å². The van der Waals surface area contributed by atoms with Crippen molar-refractivity contribution in [2.45, 2.75) is 155 Å². The first-order valence-electron chi connectivity index (χ1n) is 20.4. The van der Waals surface area contributed by atoms with Crippen LogP contribution in [0.5, 0.6) is 0 Å². The topological polar surface area (TPSA) is 52.0 Å². The van der Waals surface area contributed by atoms with E-state index in [1.54, 1.807) is 0 Å². The van der Waals surface area contributed by atoms with Crippen molar-refractivity contribution in [3.63, 3.8) is 0 Å². The van der Waals surface area contributed by atoms with Gasteiger partial charge in [0.15, 0.2) is 0 Å². The molecule has 4 rings (SSSR count). The van der Waals surface area contributed by atoms with Crippen LogP contribution in [0.4, 0.5) is 11.4 Å². The summed E-state index contributed by atoms with van der Waals surface area (Å²) in [6, 6.07) is 31.0. The van der Waals surface area contributed by atoms with Crippen LogP contribution in [0.15, 0.2) is 84.9 Å². The molecule has 0 aliphatic carbocycles. The molecule has 0 spiro atoms. The number of aryl methyl sites for hydroxylation is 4. The standard InChI is InChI=1S/C48H68N2/c1-3-43-35-39(23-29-45(43)37-41-25-31-47(49)32-26-41)21-19-17-15-13-11-9-7-5-6-8-10-12-14-16-18-20-22-40-24-30-46(44(4-2)36-40)38-42-27-33-48(50)34-28-42/h23-36H,3-22,37-38,49-50H2,1-2H3. The molecular weight excluding hydrogens is 605 g/mol. The van der Waals surface area contributed by atoms with Crippen LogP contribution >= 0.6 is 0 Å². The van der Waals surface area contributed by atoms with E-state index >= 15 is 0 Å². The Morgan fingerprint density at radius 2 is 0.600 bits per heavy atom. The van der Waals surface area contributed by atoms with E-state index in [9.17, 15) is 0 Å². The summed E-state index contributed by atoms with van der Waals surface area (Å²) in [4.78, 5) is 0. The molecule has 4 aromatic carbocycles. The van der Waals surface area contributed by atoms with Crippen molar-refractivity contribution in [1.82, 2.24) is 0 Å². The molecule has 4 N–H and O–H groups in total. The van der Waals surface area contributed by atoms with E-state index in [2.05, 4.69) is 74.5 Å². The number of nitrogen functional groups attached to an aromatic ring is 2. The Morgan fingerprint density at radius 3 is 0.900 bits per heavy atom. The van der Waals surface area contributed by atoms with Gasteiger partial charge in [-0.1, -0.05) is 164 Å². The Kier molecular flexibility index (Phi) is 18.1. The number of hydrogen-bond acceptors (Lipinski definition) is 2. The molecule has 0 heterocycles. The van der Waals surface area contributed by atoms with Gasteiger partial charge in [0.1, 0.15) is 0 Å². The summed E-state index contributed by atoms with van der Waals surface area (Å²) >= 11 is 0. The van der Waals surface area contributed by atoms with Gasteiger partial charge in [0.25, 0.3) is 0 Å². The fourth-order valence-electron chi connectivity index (χ4n) is 7.52. The number of rotatable bonds is 25. The van der Waals surface area contributed by atoms with Gasteiger partial charge in [-0.15, -0.1) is 0 Å². The maximum Gasteiger partial charge on any atom is 0.0314 e. The number of anilines is 2. The van der Waals surface area contributed by atoms with Crippen LogP contribution in [0.3, 0.4) is 0 Å². The van der Waals surface area contributed by atoms with Gasteiger partial charge < -0.3 is 11.5 Å². The number of benzene rings is 4. The molecule has 0 fully saturated rings.